The van der Waals surface area contributed by atoms with Crippen molar-refractivity contribution in [3.05, 3.63) is 17.5 Å². The van der Waals surface area contributed by atoms with Gasteiger partial charge >= 0.3 is 0 Å². The molecule has 1 aliphatic carbocycles. The average Bonchev–Trinajstić information content (AvgIpc) is 2.91. The number of hydrogen-bond acceptors (Lipinski definition) is 4. The highest BCUT2D eigenvalue weighted by Gasteiger charge is 2.23. The fourth-order valence-corrected chi connectivity index (χ4v) is 3.95. The van der Waals surface area contributed by atoms with Crippen molar-refractivity contribution in [2.75, 3.05) is 26.2 Å². The summed E-state index contributed by atoms with van der Waals surface area (Å²) in [6, 6.07) is 2.50. The van der Waals surface area contributed by atoms with Crippen LogP contribution in [0.1, 0.15) is 49.9 Å². The lowest BCUT2D eigenvalue weighted by Crippen LogP contribution is -2.46. The molecule has 1 amide bonds. The Morgan fingerprint density at radius 3 is 2.84 bits per heavy atom. The van der Waals surface area contributed by atoms with E-state index in [9.17, 15) is 4.79 Å². The fourth-order valence-electron chi connectivity index (χ4n) is 3.95. The van der Waals surface area contributed by atoms with Gasteiger partial charge in [0.15, 0.2) is 0 Å². The van der Waals surface area contributed by atoms with E-state index in [0.717, 1.165) is 51.3 Å². The number of carbonyl (C=O) groups excluding carboxylic acids is 1. The molecule has 1 aromatic heterocycles. The Morgan fingerprint density at radius 2 is 2.12 bits per heavy atom. The average molecular weight is 348 g/mol. The number of aromatic nitrogens is 2. The third-order valence-electron chi connectivity index (χ3n) is 5.33. The Hall–Kier alpha value is -1.40. The van der Waals surface area contributed by atoms with Crippen molar-refractivity contribution in [3.63, 3.8) is 0 Å². The lowest BCUT2D eigenvalue weighted by Gasteiger charge is -2.33. The molecule has 0 radical (unpaired) electrons. The van der Waals surface area contributed by atoms with Crippen LogP contribution in [0, 0.1) is 13.8 Å². The van der Waals surface area contributed by atoms with Crippen molar-refractivity contribution in [3.8, 4) is 0 Å². The minimum atomic E-state index is 0.146. The van der Waals surface area contributed by atoms with Crippen LogP contribution in [0.4, 0.5) is 0 Å². The van der Waals surface area contributed by atoms with Crippen LogP contribution in [-0.4, -0.2) is 59.0 Å². The van der Waals surface area contributed by atoms with Crippen LogP contribution in [0.5, 0.6) is 0 Å². The molecule has 1 atom stereocenters. The molecule has 0 spiro atoms. The first-order chi connectivity index (χ1) is 12.1. The molecule has 1 unspecified atom stereocenters. The van der Waals surface area contributed by atoms with Gasteiger partial charge < -0.3 is 10.1 Å². The second-order valence-corrected chi connectivity index (χ2v) is 7.56. The van der Waals surface area contributed by atoms with Gasteiger partial charge in [-0.25, -0.2) is 0 Å². The number of nitrogens with one attached hydrogen (secondary N) is 1. The summed E-state index contributed by atoms with van der Waals surface area (Å²) in [7, 11) is 0. The molecular formula is C19H32N4O2. The van der Waals surface area contributed by atoms with Crippen LogP contribution in [0.25, 0.3) is 0 Å². The molecular weight excluding hydrogens is 316 g/mol. The largest absolute Gasteiger partial charge is 0.374 e. The number of ether oxygens (including phenoxy) is 1. The summed E-state index contributed by atoms with van der Waals surface area (Å²) >= 11 is 0. The van der Waals surface area contributed by atoms with E-state index in [2.05, 4.69) is 28.3 Å². The lowest BCUT2D eigenvalue weighted by molar-refractivity contribution is -0.122. The van der Waals surface area contributed by atoms with Gasteiger partial charge in [-0.1, -0.05) is 19.3 Å². The summed E-state index contributed by atoms with van der Waals surface area (Å²) in [5.41, 5.74) is 2.22. The summed E-state index contributed by atoms with van der Waals surface area (Å²) < 4.78 is 7.93. The predicted molar refractivity (Wildman–Crippen MR) is 97.5 cm³/mol. The zero-order valence-corrected chi connectivity index (χ0v) is 15.7. The number of aryl methyl sites for hydroxylation is 2. The van der Waals surface area contributed by atoms with Crippen molar-refractivity contribution in [2.45, 2.75) is 71.1 Å². The van der Waals surface area contributed by atoms with Crippen LogP contribution in [0.3, 0.4) is 0 Å². The quantitative estimate of drug-likeness (QED) is 0.855. The summed E-state index contributed by atoms with van der Waals surface area (Å²) in [5.74, 6) is 0.202. The van der Waals surface area contributed by atoms with Crippen LogP contribution in [0.15, 0.2) is 6.07 Å². The molecule has 25 heavy (non-hydrogen) atoms. The van der Waals surface area contributed by atoms with Gasteiger partial charge in [0, 0.05) is 37.8 Å². The van der Waals surface area contributed by atoms with E-state index >= 15 is 0 Å². The molecule has 1 N–H and O–H groups in total. The molecule has 6 nitrogen and oxygen atoms in total. The highest BCUT2D eigenvalue weighted by atomic mass is 16.5. The number of morpholine rings is 1. The van der Waals surface area contributed by atoms with Gasteiger partial charge in [-0.2, -0.15) is 5.10 Å². The molecule has 2 fully saturated rings. The van der Waals surface area contributed by atoms with E-state index in [4.69, 9.17) is 4.74 Å². The summed E-state index contributed by atoms with van der Waals surface area (Å²) in [6.45, 7) is 8.20. The van der Waals surface area contributed by atoms with E-state index in [0.29, 0.717) is 12.5 Å². The standard InChI is InChI=1S/C19H32N4O2/c1-15-12-16(2)23(21-15)14-18-13-22(10-11-25-18)9-8-19(24)20-17-6-4-3-5-7-17/h12,17-18H,3-11,13-14H2,1-2H3,(H,20,24). The lowest BCUT2D eigenvalue weighted by atomic mass is 9.95. The number of carbonyl (C=O) groups is 1. The molecule has 2 heterocycles. The summed E-state index contributed by atoms with van der Waals surface area (Å²) in [5, 5.41) is 7.73. The Labute approximate surface area is 150 Å². The van der Waals surface area contributed by atoms with Crippen molar-refractivity contribution in [2.24, 2.45) is 0 Å². The number of nitrogens with zero attached hydrogens (tertiary/aromatic N) is 3. The topological polar surface area (TPSA) is 59.4 Å². The first-order valence-electron chi connectivity index (χ1n) is 9.74. The molecule has 0 bridgehead atoms. The highest BCUT2D eigenvalue weighted by molar-refractivity contribution is 5.76. The second kappa shape index (κ2) is 8.81. The van der Waals surface area contributed by atoms with Crippen molar-refractivity contribution < 1.29 is 9.53 Å². The molecule has 0 aromatic carbocycles. The van der Waals surface area contributed by atoms with Crippen molar-refractivity contribution in [1.82, 2.24) is 20.0 Å². The molecule has 1 aromatic rings. The fraction of sp³-hybridized carbons (Fsp3) is 0.789. The van der Waals surface area contributed by atoms with Crippen molar-refractivity contribution >= 4 is 5.91 Å². The Morgan fingerprint density at radius 1 is 1.32 bits per heavy atom. The van der Waals surface area contributed by atoms with Gasteiger partial charge in [-0.3, -0.25) is 14.4 Å². The number of rotatable bonds is 6. The summed E-state index contributed by atoms with van der Waals surface area (Å²) in [6.07, 6.45) is 6.85. The highest BCUT2D eigenvalue weighted by Crippen LogP contribution is 2.17. The van der Waals surface area contributed by atoms with Gasteiger partial charge in [-0.05, 0) is 32.8 Å². The van der Waals surface area contributed by atoms with Gasteiger partial charge in [0.2, 0.25) is 5.91 Å². The van der Waals surface area contributed by atoms with Crippen molar-refractivity contribution in [1.29, 1.82) is 0 Å². The van der Waals surface area contributed by atoms with Crippen LogP contribution in [0.2, 0.25) is 0 Å². The minimum absolute atomic E-state index is 0.146. The van der Waals surface area contributed by atoms with Gasteiger partial charge in [0.25, 0.3) is 0 Å². The predicted octanol–water partition coefficient (Wildman–Crippen LogP) is 2.04. The van der Waals surface area contributed by atoms with Gasteiger partial charge in [-0.15, -0.1) is 0 Å². The Bertz CT molecular complexity index is 566. The molecule has 2 aliphatic rings. The number of hydrogen-bond donors (Lipinski definition) is 1. The second-order valence-electron chi connectivity index (χ2n) is 7.56. The minimum Gasteiger partial charge on any atom is -0.374 e. The third-order valence-corrected chi connectivity index (χ3v) is 5.33. The molecule has 1 aliphatic heterocycles. The van der Waals surface area contributed by atoms with E-state index < -0.39 is 0 Å². The van der Waals surface area contributed by atoms with Crippen LogP contribution >= 0.6 is 0 Å². The maximum Gasteiger partial charge on any atom is 0.221 e. The van der Waals surface area contributed by atoms with E-state index in [1.807, 2.05) is 11.6 Å². The van der Waals surface area contributed by atoms with Gasteiger partial charge in [0.1, 0.15) is 0 Å². The van der Waals surface area contributed by atoms with E-state index in [-0.39, 0.29) is 12.0 Å². The molecule has 3 rings (SSSR count). The molecule has 6 heteroatoms. The maximum absolute atomic E-state index is 12.2. The Kier molecular flexibility index (Phi) is 6.48. The van der Waals surface area contributed by atoms with E-state index in [1.165, 1.54) is 25.0 Å². The van der Waals surface area contributed by atoms with Crippen LogP contribution < -0.4 is 5.32 Å². The first-order valence-corrected chi connectivity index (χ1v) is 9.74. The third kappa shape index (κ3) is 5.54. The molecule has 140 valence electrons. The first kappa shape index (κ1) is 18.4. The zero-order valence-electron chi connectivity index (χ0n) is 15.7. The molecule has 1 saturated carbocycles. The Balaban J connectivity index is 1.40. The smallest absolute Gasteiger partial charge is 0.221 e. The van der Waals surface area contributed by atoms with Gasteiger partial charge in [0.05, 0.1) is 24.9 Å². The maximum atomic E-state index is 12.2. The molecule has 1 saturated heterocycles. The zero-order chi connectivity index (χ0) is 17.6. The summed E-state index contributed by atoms with van der Waals surface area (Å²) in [4.78, 5) is 14.5. The normalized spacial score (nSPS) is 22.9. The monoisotopic (exact) mass is 348 g/mol. The van der Waals surface area contributed by atoms with E-state index in [1.54, 1.807) is 0 Å². The van der Waals surface area contributed by atoms with Crippen LogP contribution in [-0.2, 0) is 16.1 Å². The number of amides is 1. The SMILES string of the molecule is Cc1cc(C)n(CC2CN(CCC(=O)NC3CCCCC3)CCO2)n1.